The van der Waals surface area contributed by atoms with Crippen molar-refractivity contribution in [2.24, 2.45) is 0 Å². The molecule has 13 heavy (non-hydrogen) atoms. The average molecular weight is 283 g/mol. The Bertz CT molecular complexity index is 428. The fourth-order valence-corrected chi connectivity index (χ4v) is 1.68. The van der Waals surface area contributed by atoms with E-state index in [2.05, 4.69) is 69.8 Å². The summed E-state index contributed by atoms with van der Waals surface area (Å²) in [5.41, 5.74) is 1.30. The SMILES string of the molecule is I/C=C/Cn1ccc2ccccc21. The lowest BCUT2D eigenvalue weighted by molar-refractivity contribution is 0.865. The number of rotatable bonds is 2. The van der Waals surface area contributed by atoms with Crippen LogP contribution in [0, 0.1) is 0 Å². The molecule has 0 N–H and O–H groups in total. The minimum Gasteiger partial charge on any atom is -0.344 e. The van der Waals surface area contributed by atoms with E-state index in [0.717, 1.165) is 6.54 Å². The maximum absolute atomic E-state index is 2.24. The van der Waals surface area contributed by atoms with Crippen molar-refractivity contribution in [2.75, 3.05) is 0 Å². The molecule has 0 bridgehead atoms. The lowest BCUT2D eigenvalue weighted by atomic mass is 10.2. The van der Waals surface area contributed by atoms with Crippen molar-refractivity contribution in [3.63, 3.8) is 0 Å². The second-order valence-electron chi connectivity index (χ2n) is 2.89. The number of benzene rings is 1. The van der Waals surface area contributed by atoms with Gasteiger partial charge in [-0.15, -0.1) is 0 Å². The van der Waals surface area contributed by atoms with Gasteiger partial charge in [0.2, 0.25) is 0 Å². The first-order valence-electron chi connectivity index (χ1n) is 4.21. The maximum atomic E-state index is 2.24. The van der Waals surface area contributed by atoms with Gasteiger partial charge in [0.1, 0.15) is 0 Å². The van der Waals surface area contributed by atoms with Gasteiger partial charge in [-0.05, 0) is 21.6 Å². The largest absolute Gasteiger partial charge is 0.344 e. The van der Waals surface area contributed by atoms with Gasteiger partial charge < -0.3 is 4.57 Å². The van der Waals surface area contributed by atoms with E-state index in [1.165, 1.54) is 10.9 Å². The molecule has 1 heterocycles. The maximum Gasteiger partial charge on any atom is 0.0483 e. The topological polar surface area (TPSA) is 4.93 Å². The van der Waals surface area contributed by atoms with Crippen molar-refractivity contribution < 1.29 is 0 Å². The molecule has 1 aromatic carbocycles. The molecule has 0 aliphatic rings. The molecule has 2 aromatic rings. The van der Waals surface area contributed by atoms with Crippen molar-refractivity contribution in [1.29, 1.82) is 0 Å². The molecule has 0 saturated heterocycles. The van der Waals surface area contributed by atoms with E-state index in [1.54, 1.807) is 0 Å². The Labute approximate surface area is 91.2 Å². The lowest BCUT2D eigenvalue weighted by Crippen LogP contribution is -1.91. The molecule has 0 fully saturated rings. The predicted molar refractivity (Wildman–Crippen MR) is 65.1 cm³/mol. The van der Waals surface area contributed by atoms with Gasteiger partial charge in [0.05, 0.1) is 0 Å². The molecule has 66 valence electrons. The number of nitrogens with zero attached hydrogens (tertiary/aromatic N) is 1. The molecule has 0 aliphatic carbocycles. The summed E-state index contributed by atoms with van der Waals surface area (Å²) in [5.74, 6) is 0. The number of hydrogen-bond acceptors (Lipinski definition) is 0. The van der Waals surface area contributed by atoms with Crippen molar-refractivity contribution >= 4 is 33.5 Å². The fraction of sp³-hybridized carbons (Fsp3) is 0.0909. The van der Waals surface area contributed by atoms with E-state index in [0.29, 0.717) is 0 Å². The highest BCUT2D eigenvalue weighted by Gasteiger charge is 1.96. The summed E-state index contributed by atoms with van der Waals surface area (Å²) in [6, 6.07) is 10.6. The third-order valence-corrected chi connectivity index (χ3v) is 2.58. The monoisotopic (exact) mass is 283 g/mol. The van der Waals surface area contributed by atoms with E-state index < -0.39 is 0 Å². The predicted octanol–water partition coefficient (Wildman–Crippen LogP) is 3.59. The fourth-order valence-electron chi connectivity index (χ4n) is 1.45. The van der Waals surface area contributed by atoms with E-state index in [4.69, 9.17) is 0 Å². The van der Waals surface area contributed by atoms with Crippen LogP contribution in [0.25, 0.3) is 10.9 Å². The Hall–Kier alpha value is -0.770. The first kappa shape index (κ1) is 8.81. The van der Waals surface area contributed by atoms with Gasteiger partial charge in [-0.2, -0.15) is 0 Å². The van der Waals surface area contributed by atoms with E-state index in [1.807, 2.05) is 4.08 Å². The lowest BCUT2D eigenvalue weighted by Gasteiger charge is -1.99. The zero-order valence-electron chi connectivity index (χ0n) is 7.15. The number of para-hydroxylation sites is 1. The Morgan fingerprint density at radius 2 is 2.08 bits per heavy atom. The van der Waals surface area contributed by atoms with Crippen LogP contribution in [0.15, 0.2) is 46.7 Å². The van der Waals surface area contributed by atoms with Crippen LogP contribution in [-0.2, 0) is 6.54 Å². The van der Waals surface area contributed by atoms with Crippen molar-refractivity contribution in [3.8, 4) is 0 Å². The average Bonchev–Trinajstić information content (AvgIpc) is 2.58. The van der Waals surface area contributed by atoms with Crippen molar-refractivity contribution in [1.82, 2.24) is 4.57 Å². The van der Waals surface area contributed by atoms with Crippen LogP contribution in [0.2, 0.25) is 0 Å². The molecule has 0 aliphatic heterocycles. The van der Waals surface area contributed by atoms with E-state index >= 15 is 0 Å². The second kappa shape index (κ2) is 3.96. The van der Waals surface area contributed by atoms with Crippen LogP contribution in [-0.4, -0.2) is 4.57 Å². The van der Waals surface area contributed by atoms with Gasteiger partial charge in [0, 0.05) is 18.3 Å². The van der Waals surface area contributed by atoms with Crippen LogP contribution in [0.1, 0.15) is 0 Å². The molecular formula is C11H10IN. The summed E-state index contributed by atoms with van der Waals surface area (Å²) in [5, 5.41) is 1.31. The van der Waals surface area contributed by atoms with E-state index in [-0.39, 0.29) is 0 Å². The minimum absolute atomic E-state index is 0.955. The summed E-state index contributed by atoms with van der Waals surface area (Å²) in [7, 11) is 0. The van der Waals surface area contributed by atoms with Gasteiger partial charge in [-0.3, -0.25) is 0 Å². The van der Waals surface area contributed by atoms with E-state index in [9.17, 15) is 0 Å². The molecule has 1 nitrogen and oxygen atoms in total. The molecular weight excluding hydrogens is 273 g/mol. The molecule has 0 saturated carbocycles. The highest BCUT2D eigenvalue weighted by atomic mass is 127. The highest BCUT2D eigenvalue weighted by molar-refractivity contribution is 14.1. The van der Waals surface area contributed by atoms with Gasteiger partial charge in [-0.1, -0.05) is 46.9 Å². The summed E-state index contributed by atoms with van der Waals surface area (Å²) in [4.78, 5) is 0. The third-order valence-electron chi connectivity index (χ3n) is 2.07. The second-order valence-corrected chi connectivity index (χ2v) is 3.61. The summed E-state index contributed by atoms with van der Waals surface area (Å²) < 4.78 is 4.29. The van der Waals surface area contributed by atoms with Crippen LogP contribution < -0.4 is 0 Å². The number of allylic oxidation sites excluding steroid dienone is 1. The smallest absolute Gasteiger partial charge is 0.0483 e. The van der Waals surface area contributed by atoms with Crippen molar-refractivity contribution in [3.05, 3.63) is 46.7 Å². The number of fused-ring (bicyclic) bond motifs is 1. The molecule has 0 unspecified atom stereocenters. The number of hydrogen-bond donors (Lipinski definition) is 0. The quantitative estimate of drug-likeness (QED) is 0.742. The first-order valence-corrected chi connectivity index (χ1v) is 5.45. The Morgan fingerprint density at radius 3 is 2.92 bits per heavy atom. The third kappa shape index (κ3) is 1.77. The molecule has 0 spiro atoms. The minimum atomic E-state index is 0.955. The van der Waals surface area contributed by atoms with Crippen LogP contribution >= 0.6 is 22.6 Å². The molecule has 2 rings (SSSR count). The molecule has 0 radical (unpaired) electrons. The molecule has 1 aromatic heterocycles. The van der Waals surface area contributed by atoms with Crippen molar-refractivity contribution in [2.45, 2.75) is 6.54 Å². The van der Waals surface area contributed by atoms with Gasteiger partial charge in [0.15, 0.2) is 0 Å². The highest BCUT2D eigenvalue weighted by Crippen LogP contribution is 2.14. The first-order chi connectivity index (χ1) is 6.42. The standard InChI is InChI=1S/C11H10IN/c12-7-3-8-13-9-6-10-4-1-2-5-11(10)13/h1-7,9H,8H2/b7-3+. The Morgan fingerprint density at radius 1 is 1.23 bits per heavy atom. The zero-order chi connectivity index (χ0) is 9.10. The van der Waals surface area contributed by atoms with Crippen LogP contribution in [0.3, 0.4) is 0 Å². The summed E-state index contributed by atoms with van der Waals surface area (Å²) in [6.45, 7) is 0.955. The Kier molecular flexibility index (Phi) is 2.68. The van der Waals surface area contributed by atoms with Gasteiger partial charge in [0.25, 0.3) is 0 Å². The van der Waals surface area contributed by atoms with Crippen LogP contribution in [0.4, 0.5) is 0 Å². The van der Waals surface area contributed by atoms with Gasteiger partial charge in [-0.25, -0.2) is 0 Å². The number of halogens is 1. The Balaban J connectivity index is 2.45. The van der Waals surface area contributed by atoms with Gasteiger partial charge >= 0.3 is 0 Å². The molecule has 2 heteroatoms. The number of aromatic nitrogens is 1. The molecule has 0 atom stereocenters. The summed E-state index contributed by atoms with van der Waals surface area (Å²) >= 11 is 2.24. The van der Waals surface area contributed by atoms with Crippen LogP contribution in [0.5, 0.6) is 0 Å². The molecule has 0 amide bonds. The zero-order valence-corrected chi connectivity index (χ0v) is 9.31. The summed E-state index contributed by atoms with van der Waals surface area (Å²) in [6.07, 6.45) is 4.27. The normalized spacial score (nSPS) is 11.5.